The number of nitrogens with zero attached hydrogens (tertiary/aromatic N) is 4. The highest BCUT2D eigenvalue weighted by Gasteiger charge is 2.39. The summed E-state index contributed by atoms with van der Waals surface area (Å²) >= 11 is 1.56. The second-order valence-electron chi connectivity index (χ2n) is 7.93. The highest BCUT2D eigenvalue weighted by molar-refractivity contribution is 7.18. The Bertz CT molecular complexity index is 1220. The van der Waals surface area contributed by atoms with Crippen LogP contribution in [-0.2, 0) is 12.0 Å². The first-order valence-electron chi connectivity index (χ1n) is 9.72. The molecular formula is C21H21N5O3S. The highest BCUT2D eigenvalue weighted by atomic mass is 32.1. The van der Waals surface area contributed by atoms with Crippen LogP contribution in [0.15, 0.2) is 35.0 Å². The second-order valence-corrected chi connectivity index (χ2v) is 8.99. The number of rotatable bonds is 3. The van der Waals surface area contributed by atoms with Crippen molar-refractivity contribution in [3.63, 3.8) is 0 Å². The lowest BCUT2D eigenvalue weighted by Gasteiger charge is -2.33. The van der Waals surface area contributed by atoms with E-state index in [1.165, 1.54) is 0 Å². The summed E-state index contributed by atoms with van der Waals surface area (Å²) in [5, 5.41) is 11.0. The lowest BCUT2D eigenvalue weighted by molar-refractivity contribution is 0.0441. The van der Waals surface area contributed by atoms with Gasteiger partial charge in [-0.15, -0.1) is 11.3 Å². The molecule has 2 N–H and O–H groups in total. The summed E-state index contributed by atoms with van der Waals surface area (Å²) in [6.45, 7) is 5.36. The minimum atomic E-state index is -1.27. The van der Waals surface area contributed by atoms with Gasteiger partial charge < -0.3 is 19.4 Å². The van der Waals surface area contributed by atoms with E-state index in [-0.39, 0.29) is 17.6 Å². The molecule has 1 aromatic carbocycles. The van der Waals surface area contributed by atoms with Crippen LogP contribution < -0.4 is 0 Å². The molecule has 1 atom stereocenters. The number of hydrogen-bond donors (Lipinski definition) is 2. The summed E-state index contributed by atoms with van der Waals surface area (Å²) in [4.78, 5) is 32.0. The van der Waals surface area contributed by atoms with Crippen LogP contribution in [0.4, 0.5) is 0 Å². The van der Waals surface area contributed by atoms with Gasteiger partial charge in [-0.1, -0.05) is 12.1 Å². The fourth-order valence-corrected chi connectivity index (χ4v) is 4.82. The average molecular weight is 423 g/mol. The Morgan fingerprint density at radius 3 is 2.87 bits per heavy atom. The molecule has 1 amide bonds. The molecule has 4 aromatic rings. The van der Waals surface area contributed by atoms with Crippen molar-refractivity contribution in [3.05, 3.63) is 64.3 Å². The van der Waals surface area contributed by atoms with Crippen LogP contribution >= 0.6 is 11.3 Å². The average Bonchev–Trinajstić information content (AvgIpc) is 3.43. The van der Waals surface area contributed by atoms with E-state index in [1.54, 1.807) is 43.3 Å². The van der Waals surface area contributed by atoms with Gasteiger partial charge in [0.05, 0.1) is 27.9 Å². The minimum absolute atomic E-state index is 0.123. The van der Waals surface area contributed by atoms with E-state index in [9.17, 15) is 9.90 Å². The smallest absolute Gasteiger partial charge is 0.292 e. The Balaban J connectivity index is 1.60. The number of carbonyl (C=O) groups is 1. The van der Waals surface area contributed by atoms with Gasteiger partial charge in [0.25, 0.3) is 5.91 Å². The summed E-state index contributed by atoms with van der Waals surface area (Å²) in [7, 11) is 0. The van der Waals surface area contributed by atoms with Crippen molar-refractivity contribution in [1.82, 2.24) is 24.8 Å². The third-order valence-corrected chi connectivity index (χ3v) is 6.33. The molecule has 0 bridgehead atoms. The van der Waals surface area contributed by atoms with Gasteiger partial charge in [0.15, 0.2) is 0 Å². The zero-order chi connectivity index (χ0) is 21.0. The number of aromatic amines is 1. The molecule has 0 spiro atoms. The van der Waals surface area contributed by atoms with Crippen LogP contribution in [0, 0.1) is 6.92 Å². The summed E-state index contributed by atoms with van der Waals surface area (Å²) in [5.41, 5.74) is 1.89. The summed E-state index contributed by atoms with van der Waals surface area (Å²) in [5.74, 6) is -0.0250. The number of imidazole rings is 1. The topological polar surface area (TPSA) is 108 Å². The van der Waals surface area contributed by atoms with Crippen LogP contribution in [0.2, 0.25) is 0 Å². The number of aryl methyl sites for hydroxylation is 1. The number of aliphatic hydroxyl groups is 1. The third-order valence-electron chi connectivity index (χ3n) is 5.24. The maximum absolute atomic E-state index is 13.5. The molecule has 0 fully saturated rings. The van der Waals surface area contributed by atoms with E-state index in [0.29, 0.717) is 18.7 Å². The molecule has 0 aliphatic carbocycles. The van der Waals surface area contributed by atoms with Gasteiger partial charge in [-0.05, 0) is 32.9 Å². The van der Waals surface area contributed by atoms with Crippen molar-refractivity contribution in [2.75, 3.05) is 6.54 Å². The van der Waals surface area contributed by atoms with Gasteiger partial charge in [0, 0.05) is 18.7 Å². The molecular weight excluding hydrogens is 402 g/mol. The molecule has 0 unspecified atom stereocenters. The fourth-order valence-electron chi connectivity index (χ4n) is 3.74. The van der Waals surface area contributed by atoms with E-state index in [0.717, 1.165) is 26.6 Å². The van der Waals surface area contributed by atoms with Crippen LogP contribution in [0.3, 0.4) is 0 Å². The predicted molar refractivity (Wildman–Crippen MR) is 111 cm³/mol. The van der Waals surface area contributed by atoms with Crippen LogP contribution in [0.5, 0.6) is 0 Å². The maximum atomic E-state index is 13.5. The van der Waals surface area contributed by atoms with Crippen molar-refractivity contribution >= 4 is 27.5 Å². The van der Waals surface area contributed by atoms with Crippen molar-refractivity contribution in [1.29, 1.82) is 0 Å². The lowest BCUT2D eigenvalue weighted by Crippen LogP contribution is -2.40. The van der Waals surface area contributed by atoms with Crippen molar-refractivity contribution in [2.45, 2.75) is 38.8 Å². The van der Waals surface area contributed by atoms with E-state index < -0.39 is 11.6 Å². The Kier molecular flexibility index (Phi) is 4.26. The van der Waals surface area contributed by atoms with Crippen molar-refractivity contribution in [3.8, 4) is 0 Å². The summed E-state index contributed by atoms with van der Waals surface area (Å²) < 4.78 is 6.77. The number of fused-ring (bicyclic) bond motifs is 2. The Hall–Kier alpha value is -3.04. The van der Waals surface area contributed by atoms with E-state index in [4.69, 9.17) is 9.40 Å². The van der Waals surface area contributed by atoms with Crippen LogP contribution in [0.1, 0.15) is 58.4 Å². The van der Waals surface area contributed by atoms with Gasteiger partial charge in [-0.3, -0.25) is 4.79 Å². The minimum Gasteiger partial charge on any atom is -0.432 e. The first kappa shape index (κ1) is 19.0. The van der Waals surface area contributed by atoms with Crippen molar-refractivity contribution in [2.24, 2.45) is 0 Å². The monoisotopic (exact) mass is 423 g/mol. The number of oxazole rings is 1. The Labute approximate surface area is 176 Å². The van der Waals surface area contributed by atoms with Gasteiger partial charge >= 0.3 is 0 Å². The SMILES string of the molecule is Cc1nc(C(C)(C)O)oc1C(=O)N1CCc2[nH]cnc2[C@H]1c1nc2ccccc2s1. The number of H-pyrrole nitrogens is 1. The molecule has 0 saturated carbocycles. The molecule has 0 radical (unpaired) electrons. The van der Waals surface area contributed by atoms with E-state index >= 15 is 0 Å². The Morgan fingerprint density at radius 1 is 1.33 bits per heavy atom. The van der Waals surface area contributed by atoms with Crippen LogP contribution in [0.25, 0.3) is 10.2 Å². The van der Waals surface area contributed by atoms with E-state index in [2.05, 4.69) is 15.0 Å². The number of carbonyl (C=O) groups excluding carboxylic acids is 1. The second kappa shape index (κ2) is 6.75. The molecule has 0 saturated heterocycles. The van der Waals surface area contributed by atoms with Crippen LogP contribution in [-0.4, -0.2) is 42.4 Å². The Morgan fingerprint density at radius 2 is 2.13 bits per heavy atom. The van der Waals surface area contributed by atoms with Crippen molar-refractivity contribution < 1.29 is 14.3 Å². The zero-order valence-corrected chi connectivity index (χ0v) is 17.7. The predicted octanol–water partition coefficient (Wildman–Crippen LogP) is 3.33. The van der Waals surface area contributed by atoms with Gasteiger partial charge in [-0.25, -0.2) is 15.0 Å². The number of aromatic nitrogens is 4. The molecule has 1 aliphatic heterocycles. The molecule has 1 aliphatic rings. The molecule has 154 valence electrons. The molecule has 8 nitrogen and oxygen atoms in total. The first-order chi connectivity index (χ1) is 14.3. The number of hydrogen-bond acceptors (Lipinski definition) is 7. The molecule has 5 rings (SSSR count). The number of amides is 1. The normalized spacial score (nSPS) is 16.8. The standard InChI is InChI=1S/C21H21N5O3S/c1-11-17(29-20(24-11)21(2,3)28)19(27)26-9-8-13-15(23-10-22-13)16(26)18-25-12-6-4-5-7-14(12)30-18/h4-7,10,16,28H,8-9H2,1-3H3,(H,22,23)/t16-/m0/s1. The zero-order valence-electron chi connectivity index (χ0n) is 16.8. The highest BCUT2D eigenvalue weighted by Crippen LogP contribution is 2.38. The quantitative estimate of drug-likeness (QED) is 0.523. The third kappa shape index (κ3) is 3.01. The van der Waals surface area contributed by atoms with Gasteiger partial charge in [0.1, 0.15) is 16.7 Å². The lowest BCUT2D eigenvalue weighted by atomic mass is 10.0. The van der Waals surface area contributed by atoms with Gasteiger partial charge in [-0.2, -0.15) is 0 Å². The number of benzene rings is 1. The molecule has 9 heteroatoms. The summed E-state index contributed by atoms with van der Waals surface area (Å²) in [6, 6.07) is 7.49. The molecule has 30 heavy (non-hydrogen) atoms. The molecule has 3 aromatic heterocycles. The maximum Gasteiger partial charge on any atom is 0.292 e. The number of nitrogens with one attached hydrogen (secondary N) is 1. The summed E-state index contributed by atoms with van der Waals surface area (Å²) in [6.07, 6.45) is 2.32. The fraction of sp³-hybridized carbons (Fsp3) is 0.333. The number of para-hydroxylation sites is 1. The molecule has 4 heterocycles. The van der Waals surface area contributed by atoms with E-state index in [1.807, 2.05) is 24.3 Å². The number of thiazole rings is 1. The largest absolute Gasteiger partial charge is 0.432 e. The van der Waals surface area contributed by atoms with Gasteiger partial charge in [0.2, 0.25) is 11.7 Å². The first-order valence-corrected chi connectivity index (χ1v) is 10.5.